The smallest absolute Gasteiger partial charge is 0.132 e. The van der Waals surface area contributed by atoms with Crippen molar-refractivity contribution in [3.8, 4) is 0 Å². The highest BCUT2D eigenvalue weighted by molar-refractivity contribution is 6.09. The van der Waals surface area contributed by atoms with Crippen LogP contribution in [0.5, 0.6) is 0 Å². The van der Waals surface area contributed by atoms with Gasteiger partial charge in [0.25, 0.3) is 0 Å². The first-order valence-corrected chi connectivity index (χ1v) is 5.22. The predicted molar refractivity (Wildman–Crippen MR) is 65.8 cm³/mol. The van der Waals surface area contributed by atoms with E-state index in [0.717, 1.165) is 10.8 Å². The van der Waals surface area contributed by atoms with Crippen LogP contribution in [0, 0.1) is 11.6 Å². The van der Waals surface area contributed by atoms with E-state index in [0.29, 0.717) is 16.6 Å². The topological polar surface area (TPSA) is 15.8 Å². The van der Waals surface area contributed by atoms with Gasteiger partial charge >= 0.3 is 0 Å². The maximum atomic E-state index is 13.6. The fourth-order valence-electron chi connectivity index (χ4n) is 2.14. The lowest BCUT2D eigenvalue weighted by atomic mass is 10.1. The van der Waals surface area contributed by atoms with Gasteiger partial charge in [-0.2, -0.15) is 0 Å². The van der Waals surface area contributed by atoms with Crippen LogP contribution < -0.4 is 0 Å². The highest BCUT2D eigenvalue weighted by Crippen LogP contribution is 2.29. The summed E-state index contributed by atoms with van der Waals surface area (Å²) in [5, 5.41) is 1.75. The van der Waals surface area contributed by atoms with E-state index >= 15 is 0 Å². The molecule has 3 rings (SSSR count). The van der Waals surface area contributed by atoms with Crippen molar-refractivity contribution in [2.24, 2.45) is 0 Å². The summed E-state index contributed by atoms with van der Waals surface area (Å²) >= 11 is 0. The first-order valence-electron chi connectivity index (χ1n) is 5.22. The zero-order chi connectivity index (χ0) is 12.0. The number of aromatic nitrogens is 1. The van der Waals surface area contributed by atoms with Gasteiger partial charge in [-0.25, -0.2) is 8.78 Å². The Bertz CT molecular complexity index is 741. The summed E-state index contributed by atoms with van der Waals surface area (Å²) in [4.78, 5) is 3.03. The molecule has 0 radical (unpaired) electrons. The zero-order valence-corrected chi connectivity index (χ0v) is 8.93. The lowest BCUT2D eigenvalue weighted by molar-refractivity contribution is 0.627. The van der Waals surface area contributed by atoms with Gasteiger partial charge in [0.15, 0.2) is 0 Å². The van der Waals surface area contributed by atoms with Crippen LogP contribution in [0.2, 0.25) is 0 Å². The highest BCUT2D eigenvalue weighted by Gasteiger charge is 2.10. The SMILES string of the molecule is C=Cc1c(F)ccc2c1[nH]c1cc(F)ccc12. The second-order valence-corrected chi connectivity index (χ2v) is 3.90. The van der Waals surface area contributed by atoms with Crippen molar-refractivity contribution in [3.63, 3.8) is 0 Å². The molecule has 2 aromatic carbocycles. The maximum absolute atomic E-state index is 13.6. The first-order chi connectivity index (χ1) is 8.20. The van der Waals surface area contributed by atoms with Crippen LogP contribution in [-0.4, -0.2) is 4.98 Å². The van der Waals surface area contributed by atoms with Crippen LogP contribution in [-0.2, 0) is 0 Å². The maximum Gasteiger partial charge on any atom is 0.132 e. The third-order valence-corrected chi connectivity index (χ3v) is 2.93. The fourth-order valence-corrected chi connectivity index (χ4v) is 2.14. The van der Waals surface area contributed by atoms with Crippen LogP contribution in [0.1, 0.15) is 5.56 Å². The number of nitrogens with one attached hydrogen (secondary N) is 1. The highest BCUT2D eigenvalue weighted by atomic mass is 19.1. The van der Waals surface area contributed by atoms with E-state index in [-0.39, 0.29) is 11.6 Å². The minimum absolute atomic E-state index is 0.315. The first kappa shape index (κ1) is 10.0. The number of hydrogen-bond acceptors (Lipinski definition) is 0. The summed E-state index contributed by atoms with van der Waals surface area (Å²) in [5.74, 6) is -0.649. The summed E-state index contributed by atoms with van der Waals surface area (Å²) in [6, 6.07) is 7.57. The Morgan fingerprint density at radius 2 is 1.82 bits per heavy atom. The molecule has 0 atom stereocenters. The molecule has 1 N–H and O–H groups in total. The molecule has 0 aliphatic heterocycles. The van der Waals surface area contributed by atoms with E-state index in [4.69, 9.17) is 0 Å². The molecule has 3 heteroatoms. The van der Waals surface area contributed by atoms with Crippen molar-refractivity contribution in [2.45, 2.75) is 0 Å². The molecule has 1 nitrogen and oxygen atoms in total. The van der Waals surface area contributed by atoms with Crippen molar-refractivity contribution in [2.75, 3.05) is 0 Å². The molecule has 1 heterocycles. The van der Waals surface area contributed by atoms with Gasteiger partial charge in [-0.1, -0.05) is 12.7 Å². The average molecular weight is 229 g/mol. The van der Waals surface area contributed by atoms with Crippen LogP contribution in [0.15, 0.2) is 36.9 Å². The normalized spacial score (nSPS) is 11.2. The van der Waals surface area contributed by atoms with Gasteiger partial charge in [0.05, 0.1) is 5.52 Å². The Labute approximate surface area is 96.4 Å². The van der Waals surface area contributed by atoms with E-state index in [1.807, 2.05) is 0 Å². The Morgan fingerprint density at radius 1 is 1.06 bits per heavy atom. The average Bonchev–Trinajstić information content (AvgIpc) is 2.66. The number of halogens is 2. The molecule has 0 amide bonds. The van der Waals surface area contributed by atoms with E-state index in [1.54, 1.807) is 12.1 Å². The number of hydrogen-bond donors (Lipinski definition) is 1. The number of aromatic amines is 1. The molecule has 0 saturated heterocycles. The summed E-state index contributed by atoms with van der Waals surface area (Å²) in [6.45, 7) is 3.60. The molecule has 0 unspecified atom stereocenters. The molecule has 1 aromatic heterocycles. The van der Waals surface area contributed by atoms with E-state index in [1.165, 1.54) is 24.3 Å². The largest absolute Gasteiger partial charge is 0.354 e. The molecule has 3 aromatic rings. The van der Waals surface area contributed by atoms with Crippen LogP contribution >= 0.6 is 0 Å². The lowest BCUT2D eigenvalue weighted by Gasteiger charge is -1.98. The summed E-state index contributed by atoms with van der Waals surface area (Å²) in [5.41, 5.74) is 1.73. The van der Waals surface area contributed by atoms with E-state index in [2.05, 4.69) is 11.6 Å². The summed E-state index contributed by atoms with van der Waals surface area (Å²) in [6.07, 6.45) is 1.46. The monoisotopic (exact) mass is 229 g/mol. The standard InChI is InChI=1S/C14H9F2N/c1-2-9-12(16)6-5-11-10-4-3-8(15)7-13(10)17-14(9)11/h2-7,17H,1H2. The van der Waals surface area contributed by atoms with Crippen LogP contribution in [0.25, 0.3) is 27.9 Å². The minimum Gasteiger partial charge on any atom is -0.354 e. The second-order valence-electron chi connectivity index (χ2n) is 3.90. The Morgan fingerprint density at radius 3 is 2.59 bits per heavy atom. The number of rotatable bonds is 1. The van der Waals surface area contributed by atoms with Gasteiger partial charge in [-0.15, -0.1) is 0 Å². The van der Waals surface area contributed by atoms with Crippen LogP contribution in [0.4, 0.5) is 8.78 Å². The minimum atomic E-state index is -0.334. The molecule has 0 aliphatic rings. The third kappa shape index (κ3) is 1.35. The van der Waals surface area contributed by atoms with Crippen molar-refractivity contribution in [1.29, 1.82) is 0 Å². The molecule has 84 valence electrons. The predicted octanol–water partition coefficient (Wildman–Crippen LogP) is 4.24. The van der Waals surface area contributed by atoms with Gasteiger partial charge in [0.2, 0.25) is 0 Å². The zero-order valence-electron chi connectivity index (χ0n) is 8.93. The summed E-state index contributed by atoms with van der Waals surface area (Å²) in [7, 11) is 0. The van der Waals surface area contributed by atoms with Gasteiger partial charge in [-0.3, -0.25) is 0 Å². The molecule has 0 saturated carbocycles. The van der Waals surface area contributed by atoms with Gasteiger partial charge in [0, 0.05) is 21.9 Å². The van der Waals surface area contributed by atoms with E-state index in [9.17, 15) is 8.78 Å². The van der Waals surface area contributed by atoms with Crippen LogP contribution in [0.3, 0.4) is 0 Å². The van der Waals surface area contributed by atoms with Crippen molar-refractivity contribution >= 4 is 27.9 Å². The van der Waals surface area contributed by atoms with Crippen molar-refractivity contribution in [3.05, 3.63) is 54.1 Å². The molecule has 0 spiro atoms. The summed E-state index contributed by atoms with van der Waals surface area (Å²) < 4.78 is 26.7. The fraction of sp³-hybridized carbons (Fsp3) is 0. The third-order valence-electron chi connectivity index (χ3n) is 2.93. The molecule has 0 fully saturated rings. The quantitative estimate of drug-likeness (QED) is 0.642. The number of fused-ring (bicyclic) bond motifs is 3. The van der Waals surface area contributed by atoms with Crippen molar-refractivity contribution < 1.29 is 8.78 Å². The second kappa shape index (κ2) is 3.42. The number of H-pyrrole nitrogens is 1. The van der Waals surface area contributed by atoms with E-state index < -0.39 is 0 Å². The lowest BCUT2D eigenvalue weighted by Crippen LogP contribution is -1.82. The molecular formula is C14H9F2N. The van der Waals surface area contributed by atoms with Gasteiger partial charge in [-0.05, 0) is 30.3 Å². The Balaban J connectivity index is 2.54. The molecule has 0 bridgehead atoms. The molecule has 17 heavy (non-hydrogen) atoms. The van der Waals surface area contributed by atoms with Gasteiger partial charge < -0.3 is 4.98 Å². The Kier molecular flexibility index (Phi) is 2.01. The molecule has 0 aliphatic carbocycles. The van der Waals surface area contributed by atoms with Gasteiger partial charge in [0.1, 0.15) is 11.6 Å². The molecular weight excluding hydrogens is 220 g/mol. The Hall–Kier alpha value is -2.16. The number of benzene rings is 2. The van der Waals surface area contributed by atoms with Crippen molar-refractivity contribution in [1.82, 2.24) is 4.98 Å².